The molecule has 0 bridgehead atoms. The van der Waals surface area contributed by atoms with Crippen LogP contribution in [0.4, 0.5) is 34.1 Å². The van der Waals surface area contributed by atoms with Crippen LogP contribution in [0.15, 0.2) is 36.4 Å². The number of rotatable bonds is 6. The minimum Gasteiger partial charge on any atom is -0.397 e. The van der Waals surface area contributed by atoms with E-state index in [4.69, 9.17) is 17.3 Å². The van der Waals surface area contributed by atoms with Crippen molar-refractivity contribution in [1.29, 1.82) is 0 Å². The van der Waals surface area contributed by atoms with E-state index in [1.54, 1.807) is 9.80 Å². The zero-order valence-electron chi connectivity index (χ0n) is 27.5. The standard InChI is InChI=1S/C35H45ClF3N7O3/c36-28-20-22(19-27(31(28)40)35(37,38)39)21-30(32(47)44-14-7-24(8-15-44)23-5-12-41-13-6-23)43-33(48)45-16-10-26(11-17-45)46-18-9-25-3-1-2-4-29(25)42-34(46)49/h1-4,19-20,23-24,26,30,41H,5-18,21,40H2,(H,42,49)(H,43,48)/t30-/m1/s1. The highest BCUT2D eigenvalue weighted by Gasteiger charge is 2.37. The van der Waals surface area contributed by atoms with E-state index >= 15 is 0 Å². The number of nitrogens with two attached hydrogens (primary N) is 1. The number of hydrogen-bond donors (Lipinski definition) is 4. The first kappa shape index (κ1) is 35.1. The van der Waals surface area contributed by atoms with Crippen LogP contribution in [0.25, 0.3) is 0 Å². The minimum absolute atomic E-state index is 0.0604. The number of likely N-dealkylation sites (tertiary alicyclic amines) is 2. The van der Waals surface area contributed by atoms with E-state index in [1.807, 2.05) is 29.2 Å². The zero-order chi connectivity index (χ0) is 34.7. The van der Waals surface area contributed by atoms with Crippen LogP contribution in [0.3, 0.4) is 0 Å². The molecular formula is C35H45ClF3N7O3. The molecule has 2 aromatic rings. The van der Waals surface area contributed by atoms with Crippen molar-refractivity contribution in [2.75, 3.05) is 56.9 Å². The van der Waals surface area contributed by atoms with Gasteiger partial charge in [0.15, 0.2) is 0 Å². The fraction of sp³-hybridized carbons (Fsp3) is 0.571. The number of carbonyl (C=O) groups is 3. The lowest BCUT2D eigenvalue weighted by molar-refractivity contribution is -0.137. The number of alkyl halides is 3. The highest BCUT2D eigenvalue weighted by molar-refractivity contribution is 6.33. The summed E-state index contributed by atoms with van der Waals surface area (Å²) in [5.41, 5.74) is 6.06. The van der Waals surface area contributed by atoms with Crippen molar-refractivity contribution in [3.63, 3.8) is 0 Å². The number of nitrogens with one attached hydrogen (secondary N) is 3. The molecule has 0 aromatic heterocycles. The van der Waals surface area contributed by atoms with Crippen molar-refractivity contribution < 1.29 is 27.6 Å². The van der Waals surface area contributed by atoms with Gasteiger partial charge in [-0.15, -0.1) is 0 Å². The fourth-order valence-corrected chi connectivity index (χ4v) is 8.19. The Balaban J connectivity index is 1.12. The van der Waals surface area contributed by atoms with E-state index < -0.39 is 29.5 Å². The van der Waals surface area contributed by atoms with Crippen LogP contribution in [-0.2, 0) is 23.8 Å². The van der Waals surface area contributed by atoms with E-state index in [0.29, 0.717) is 57.4 Å². The number of halogens is 4. The summed E-state index contributed by atoms with van der Waals surface area (Å²) in [4.78, 5) is 45.9. The second kappa shape index (κ2) is 15.0. The van der Waals surface area contributed by atoms with Crippen molar-refractivity contribution in [2.24, 2.45) is 11.8 Å². The normalized spacial score (nSPS) is 20.7. The molecule has 5 amide bonds. The molecule has 0 saturated carbocycles. The van der Waals surface area contributed by atoms with Crippen molar-refractivity contribution in [2.45, 2.75) is 69.6 Å². The zero-order valence-corrected chi connectivity index (χ0v) is 28.3. The Morgan fingerprint density at radius 3 is 2.29 bits per heavy atom. The van der Waals surface area contributed by atoms with Gasteiger partial charge in [0.25, 0.3) is 0 Å². The topological polar surface area (TPSA) is 123 Å². The summed E-state index contributed by atoms with van der Waals surface area (Å²) in [5.74, 6) is 0.811. The molecule has 4 aliphatic heterocycles. The Labute approximate surface area is 289 Å². The summed E-state index contributed by atoms with van der Waals surface area (Å²) in [6, 6.07) is 8.18. The molecule has 0 unspecified atom stereocenters. The molecule has 49 heavy (non-hydrogen) atoms. The minimum atomic E-state index is -4.74. The fourth-order valence-electron chi connectivity index (χ4n) is 7.95. The summed E-state index contributed by atoms with van der Waals surface area (Å²) in [5, 5.41) is 9.00. The molecule has 5 N–H and O–H groups in total. The molecule has 3 fully saturated rings. The summed E-state index contributed by atoms with van der Waals surface area (Å²) < 4.78 is 41.4. The Hall–Kier alpha value is -3.71. The van der Waals surface area contributed by atoms with Gasteiger partial charge in [0.1, 0.15) is 6.04 Å². The van der Waals surface area contributed by atoms with Gasteiger partial charge in [0.2, 0.25) is 5.91 Å². The second-order valence-corrected chi connectivity index (χ2v) is 14.1. The highest BCUT2D eigenvalue weighted by atomic mass is 35.5. The van der Waals surface area contributed by atoms with Crippen molar-refractivity contribution in [3.05, 3.63) is 58.1 Å². The maximum Gasteiger partial charge on any atom is 0.418 e. The number of urea groups is 2. The first-order valence-electron chi connectivity index (χ1n) is 17.3. The average Bonchev–Trinajstić information content (AvgIpc) is 3.27. The van der Waals surface area contributed by atoms with Crippen LogP contribution in [0.2, 0.25) is 5.02 Å². The van der Waals surface area contributed by atoms with Crippen LogP contribution in [0, 0.1) is 11.8 Å². The first-order valence-corrected chi connectivity index (χ1v) is 17.7. The van der Waals surface area contributed by atoms with Gasteiger partial charge in [-0.25, -0.2) is 9.59 Å². The summed E-state index contributed by atoms with van der Waals surface area (Å²) in [7, 11) is 0. The van der Waals surface area contributed by atoms with Gasteiger partial charge in [-0.05, 0) is 99.2 Å². The van der Waals surface area contributed by atoms with Crippen LogP contribution >= 0.6 is 11.6 Å². The number of carbonyl (C=O) groups excluding carboxylic acids is 3. The van der Waals surface area contributed by atoms with Gasteiger partial charge in [0.05, 0.1) is 16.3 Å². The third kappa shape index (κ3) is 8.20. The summed E-state index contributed by atoms with van der Waals surface area (Å²) in [6.07, 6.45) is 0.863. The third-order valence-corrected chi connectivity index (χ3v) is 11.1. The van der Waals surface area contributed by atoms with Crippen LogP contribution in [0.5, 0.6) is 0 Å². The number of hydrogen-bond acceptors (Lipinski definition) is 5. The largest absolute Gasteiger partial charge is 0.418 e. The predicted octanol–water partition coefficient (Wildman–Crippen LogP) is 5.35. The number of nitrogen functional groups attached to an aromatic ring is 1. The molecule has 14 heteroatoms. The molecule has 3 saturated heterocycles. The molecule has 6 rings (SSSR count). The van der Waals surface area contributed by atoms with Gasteiger partial charge in [0, 0.05) is 50.9 Å². The Morgan fingerprint density at radius 2 is 1.59 bits per heavy atom. The predicted molar refractivity (Wildman–Crippen MR) is 182 cm³/mol. The van der Waals surface area contributed by atoms with Crippen molar-refractivity contribution in [3.8, 4) is 0 Å². The highest BCUT2D eigenvalue weighted by Crippen LogP contribution is 2.38. The molecule has 266 valence electrons. The molecule has 4 heterocycles. The number of benzene rings is 2. The maximum absolute atomic E-state index is 14.0. The molecule has 2 aromatic carbocycles. The molecule has 0 spiro atoms. The molecule has 10 nitrogen and oxygen atoms in total. The lowest BCUT2D eigenvalue weighted by atomic mass is 9.79. The molecule has 0 aliphatic carbocycles. The molecule has 4 aliphatic rings. The van der Waals surface area contributed by atoms with E-state index in [1.165, 1.54) is 6.07 Å². The van der Waals surface area contributed by atoms with Crippen molar-refractivity contribution >= 4 is 40.9 Å². The third-order valence-electron chi connectivity index (χ3n) is 10.8. The summed E-state index contributed by atoms with van der Waals surface area (Å²) >= 11 is 6.13. The van der Waals surface area contributed by atoms with E-state index in [-0.39, 0.29) is 35.0 Å². The Kier molecular flexibility index (Phi) is 10.8. The number of piperidine rings is 3. The summed E-state index contributed by atoms with van der Waals surface area (Å²) in [6.45, 7) is 4.35. The number of nitrogens with zero attached hydrogens (tertiary/aromatic N) is 3. The number of anilines is 2. The number of para-hydroxylation sites is 1. The monoisotopic (exact) mass is 703 g/mol. The molecular weight excluding hydrogens is 659 g/mol. The van der Waals surface area contributed by atoms with Crippen molar-refractivity contribution in [1.82, 2.24) is 25.3 Å². The average molecular weight is 704 g/mol. The van der Waals surface area contributed by atoms with Gasteiger partial charge >= 0.3 is 18.2 Å². The molecule has 1 atom stereocenters. The molecule has 0 radical (unpaired) electrons. The quantitative estimate of drug-likeness (QED) is 0.302. The number of amides is 5. The van der Waals surface area contributed by atoms with Gasteiger partial charge in [-0.3, -0.25) is 4.79 Å². The smallest absolute Gasteiger partial charge is 0.397 e. The van der Waals surface area contributed by atoms with E-state index in [0.717, 1.165) is 62.5 Å². The van der Waals surface area contributed by atoms with E-state index in [2.05, 4.69) is 16.0 Å². The van der Waals surface area contributed by atoms with Crippen LogP contribution < -0.4 is 21.7 Å². The SMILES string of the molecule is Nc1c(Cl)cc(C[C@@H](NC(=O)N2CCC(N3CCc4ccccc4NC3=O)CC2)C(=O)N2CCC(C3CCNCC3)CC2)cc1C(F)(F)F. The van der Waals surface area contributed by atoms with Gasteiger partial charge in [-0.2, -0.15) is 13.2 Å². The van der Waals surface area contributed by atoms with Gasteiger partial charge in [-0.1, -0.05) is 29.8 Å². The first-order chi connectivity index (χ1) is 23.5. The number of fused-ring (bicyclic) bond motifs is 1. The van der Waals surface area contributed by atoms with E-state index in [9.17, 15) is 27.6 Å². The van der Waals surface area contributed by atoms with Crippen LogP contribution in [-0.4, -0.2) is 90.6 Å². The lowest BCUT2D eigenvalue weighted by Crippen LogP contribution is -2.57. The van der Waals surface area contributed by atoms with Gasteiger partial charge < -0.3 is 36.4 Å². The Bertz CT molecular complexity index is 1520. The maximum atomic E-state index is 14.0. The lowest BCUT2D eigenvalue weighted by Gasteiger charge is -2.40. The van der Waals surface area contributed by atoms with Crippen LogP contribution in [0.1, 0.15) is 55.2 Å². The Morgan fingerprint density at radius 1 is 0.939 bits per heavy atom. The second-order valence-electron chi connectivity index (χ2n) is 13.7.